The Labute approximate surface area is 151 Å². The van der Waals surface area contributed by atoms with E-state index < -0.39 is 0 Å². The van der Waals surface area contributed by atoms with Crippen molar-refractivity contribution in [2.45, 2.75) is 32.0 Å². The van der Waals surface area contributed by atoms with Gasteiger partial charge in [0.15, 0.2) is 0 Å². The van der Waals surface area contributed by atoms with Crippen molar-refractivity contribution in [3.8, 4) is 11.3 Å². The predicted octanol–water partition coefficient (Wildman–Crippen LogP) is 1.76. The Kier molecular flexibility index (Phi) is 4.79. The van der Waals surface area contributed by atoms with Crippen molar-refractivity contribution in [1.29, 1.82) is 0 Å². The fraction of sp³-hybridized carbons (Fsp3) is 0.316. The lowest BCUT2D eigenvalue weighted by Gasteiger charge is -2.24. The van der Waals surface area contributed by atoms with E-state index in [1.165, 1.54) is 0 Å². The lowest BCUT2D eigenvalue weighted by atomic mass is 10.2. The number of hydrogen-bond acceptors (Lipinski definition) is 6. The molecule has 0 aliphatic carbocycles. The Bertz CT molecular complexity index is 912. The molecule has 1 saturated heterocycles. The fourth-order valence-electron chi connectivity index (χ4n) is 3.41. The minimum atomic E-state index is -0.0716. The predicted molar refractivity (Wildman–Crippen MR) is 97.2 cm³/mol. The molecule has 1 aliphatic heterocycles. The molecule has 132 valence electrons. The molecule has 3 aromatic heterocycles. The first kappa shape index (κ1) is 16.5. The van der Waals surface area contributed by atoms with E-state index in [1.807, 2.05) is 24.5 Å². The van der Waals surface area contributed by atoms with Gasteiger partial charge in [-0.3, -0.25) is 14.7 Å². The average molecular weight is 348 g/mol. The summed E-state index contributed by atoms with van der Waals surface area (Å²) in [5, 5.41) is 4.57. The van der Waals surface area contributed by atoms with Crippen LogP contribution in [0.2, 0.25) is 0 Å². The Morgan fingerprint density at radius 1 is 1.04 bits per heavy atom. The van der Waals surface area contributed by atoms with Gasteiger partial charge in [-0.05, 0) is 37.6 Å². The van der Waals surface area contributed by atoms with Gasteiger partial charge in [-0.1, -0.05) is 0 Å². The number of nitrogens with zero attached hydrogens (tertiary/aromatic N) is 6. The molecule has 4 heterocycles. The molecule has 0 aromatic carbocycles. The third-order valence-electron chi connectivity index (χ3n) is 4.73. The molecular formula is C19H20N6O. The van der Waals surface area contributed by atoms with Gasteiger partial charge in [0, 0.05) is 54.6 Å². The first-order valence-corrected chi connectivity index (χ1v) is 8.76. The van der Waals surface area contributed by atoms with Gasteiger partial charge in [0.25, 0.3) is 5.56 Å². The van der Waals surface area contributed by atoms with Gasteiger partial charge in [0.05, 0.1) is 12.2 Å². The minimum Gasteiger partial charge on any atom is -0.294 e. The summed E-state index contributed by atoms with van der Waals surface area (Å²) in [6.07, 6.45) is 10.9. The van der Waals surface area contributed by atoms with Gasteiger partial charge in [-0.15, -0.1) is 0 Å². The van der Waals surface area contributed by atoms with E-state index in [2.05, 4.69) is 25.0 Å². The molecule has 0 bridgehead atoms. The van der Waals surface area contributed by atoms with Crippen LogP contribution in [0.25, 0.3) is 11.3 Å². The molecule has 1 atom stereocenters. The third kappa shape index (κ3) is 3.67. The first-order valence-electron chi connectivity index (χ1n) is 8.76. The van der Waals surface area contributed by atoms with Gasteiger partial charge in [-0.2, -0.15) is 5.10 Å². The van der Waals surface area contributed by atoms with Crippen molar-refractivity contribution in [3.05, 3.63) is 71.3 Å². The van der Waals surface area contributed by atoms with Gasteiger partial charge in [0.1, 0.15) is 6.33 Å². The summed E-state index contributed by atoms with van der Waals surface area (Å²) in [5.74, 6) is 0. The van der Waals surface area contributed by atoms with Crippen LogP contribution in [0.15, 0.2) is 60.2 Å². The maximum absolute atomic E-state index is 12.3. The second kappa shape index (κ2) is 7.53. The van der Waals surface area contributed by atoms with E-state index in [0.29, 0.717) is 6.54 Å². The maximum Gasteiger partial charge on any atom is 0.266 e. The summed E-state index contributed by atoms with van der Waals surface area (Å²) in [6, 6.07) is 7.44. The van der Waals surface area contributed by atoms with E-state index in [4.69, 9.17) is 0 Å². The monoisotopic (exact) mass is 348 g/mol. The van der Waals surface area contributed by atoms with Crippen LogP contribution in [0.5, 0.6) is 0 Å². The molecule has 26 heavy (non-hydrogen) atoms. The highest BCUT2D eigenvalue weighted by Crippen LogP contribution is 2.21. The molecule has 0 spiro atoms. The highest BCUT2D eigenvalue weighted by molar-refractivity contribution is 5.56. The zero-order valence-corrected chi connectivity index (χ0v) is 14.4. The van der Waals surface area contributed by atoms with Crippen LogP contribution < -0.4 is 5.56 Å². The Morgan fingerprint density at radius 3 is 2.65 bits per heavy atom. The number of hydrogen-bond donors (Lipinski definition) is 0. The lowest BCUT2D eigenvalue weighted by Crippen LogP contribution is -2.36. The number of pyridine rings is 1. The molecule has 0 amide bonds. The normalized spacial score (nSPS) is 17.5. The number of rotatable bonds is 5. The standard InChI is InChI=1S/C19H20N6O/c26-19-4-3-18(16-5-7-20-8-6-16)23-25(19)13-17-2-1-9-24(17)12-15-10-21-14-22-11-15/h3-8,10-11,14,17H,1-2,9,12-13H2. The second-order valence-corrected chi connectivity index (χ2v) is 6.49. The fourth-order valence-corrected chi connectivity index (χ4v) is 3.41. The maximum atomic E-state index is 12.3. The van der Waals surface area contributed by atoms with Crippen molar-refractivity contribution < 1.29 is 0 Å². The Balaban J connectivity index is 1.53. The van der Waals surface area contributed by atoms with E-state index in [-0.39, 0.29) is 11.6 Å². The minimum absolute atomic E-state index is 0.0716. The van der Waals surface area contributed by atoms with Crippen molar-refractivity contribution in [3.63, 3.8) is 0 Å². The highest BCUT2D eigenvalue weighted by Gasteiger charge is 2.25. The lowest BCUT2D eigenvalue weighted by molar-refractivity contribution is 0.216. The zero-order chi connectivity index (χ0) is 17.8. The summed E-state index contributed by atoms with van der Waals surface area (Å²) in [5.41, 5.74) is 2.76. The van der Waals surface area contributed by atoms with E-state index in [9.17, 15) is 4.79 Å². The smallest absolute Gasteiger partial charge is 0.266 e. The third-order valence-corrected chi connectivity index (χ3v) is 4.73. The van der Waals surface area contributed by atoms with Crippen LogP contribution in [0, 0.1) is 0 Å². The second-order valence-electron chi connectivity index (χ2n) is 6.49. The van der Waals surface area contributed by atoms with Crippen molar-refractivity contribution in [2.75, 3.05) is 6.54 Å². The SMILES string of the molecule is O=c1ccc(-c2ccncc2)nn1CC1CCCN1Cc1cncnc1. The summed E-state index contributed by atoms with van der Waals surface area (Å²) in [4.78, 5) is 26.9. The largest absolute Gasteiger partial charge is 0.294 e. The van der Waals surface area contributed by atoms with Crippen LogP contribution in [0.3, 0.4) is 0 Å². The first-order chi connectivity index (χ1) is 12.8. The van der Waals surface area contributed by atoms with Crippen LogP contribution in [0.1, 0.15) is 18.4 Å². The van der Waals surface area contributed by atoms with E-state index in [0.717, 1.165) is 42.8 Å². The van der Waals surface area contributed by atoms with Crippen LogP contribution in [0.4, 0.5) is 0 Å². The molecule has 1 fully saturated rings. The van der Waals surface area contributed by atoms with Crippen LogP contribution >= 0.6 is 0 Å². The van der Waals surface area contributed by atoms with Gasteiger partial charge >= 0.3 is 0 Å². The van der Waals surface area contributed by atoms with E-state index in [1.54, 1.807) is 35.5 Å². The zero-order valence-electron chi connectivity index (χ0n) is 14.4. The van der Waals surface area contributed by atoms with Crippen molar-refractivity contribution in [2.24, 2.45) is 0 Å². The highest BCUT2D eigenvalue weighted by atomic mass is 16.1. The Hall–Kier alpha value is -2.93. The average Bonchev–Trinajstić information content (AvgIpc) is 3.12. The van der Waals surface area contributed by atoms with Gasteiger partial charge in [-0.25, -0.2) is 14.6 Å². The van der Waals surface area contributed by atoms with Crippen molar-refractivity contribution >= 4 is 0 Å². The summed E-state index contributed by atoms with van der Waals surface area (Å²) < 4.78 is 1.58. The molecule has 3 aromatic rings. The molecule has 0 saturated carbocycles. The van der Waals surface area contributed by atoms with Crippen molar-refractivity contribution in [1.82, 2.24) is 29.6 Å². The van der Waals surface area contributed by atoms with Gasteiger partial charge < -0.3 is 0 Å². The number of aromatic nitrogens is 5. The van der Waals surface area contributed by atoms with Crippen LogP contribution in [-0.2, 0) is 13.1 Å². The summed E-state index contributed by atoms with van der Waals surface area (Å²) in [6.45, 7) is 2.40. The van der Waals surface area contributed by atoms with Crippen LogP contribution in [-0.4, -0.2) is 42.2 Å². The molecule has 0 N–H and O–H groups in total. The molecular weight excluding hydrogens is 328 g/mol. The Morgan fingerprint density at radius 2 is 1.85 bits per heavy atom. The topological polar surface area (TPSA) is 76.8 Å². The quantitative estimate of drug-likeness (QED) is 0.699. The molecule has 1 aliphatic rings. The van der Waals surface area contributed by atoms with Gasteiger partial charge in [0.2, 0.25) is 0 Å². The molecule has 1 unspecified atom stereocenters. The summed E-state index contributed by atoms with van der Waals surface area (Å²) >= 11 is 0. The number of likely N-dealkylation sites (tertiary alicyclic amines) is 1. The summed E-state index contributed by atoms with van der Waals surface area (Å²) in [7, 11) is 0. The molecule has 7 nitrogen and oxygen atoms in total. The molecule has 7 heteroatoms. The van der Waals surface area contributed by atoms with E-state index >= 15 is 0 Å². The molecule has 4 rings (SSSR count). The molecule has 0 radical (unpaired) electrons.